The van der Waals surface area contributed by atoms with E-state index >= 15 is 0 Å². The van der Waals surface area contributed by atoms with E-state index < -0.39 is 24.6 Å². The number of halogens is 3. The fourth-order valence-electron chi connectivity index (χ4n) is 2.73. The third-order valence-electron chi connectivity index (χ3n) is 4.05. The number of carbonyl (C=O) groups excluding carboxylic acids is 1. The molecular weight excluding hydrogens is 271 g/mol. The standard InChI is InChI=1S/C14H24F3NO2/c1-3-5-11(6-4-2)12(19)18-9-7-13(20,8-10-18)14(15,16)17/h11,20H,3-10H2,1-2H3. The molecule has 3 nitrogen and oxygen atoms in total. The zero-order chi connectivity index (χ0) is 15.4. The second-order valence-corrected chi connectivity index (χ2v) is 5.63. The lowest BCUT2D eigenvalue weighted by atomic mass is 9.89. The molecule has 1 rings (SSSR count). The normalized spacial score (nSPS) is 19.4. The summed E-state index contributed by atoms with van der Waals surface area (Å²) in [5.74, 6) is -0.153. The van der Waals surface area contributed by atoms with Crippen LogP contribution in [0, 0.1) is 5.92 Å². The van der Waals surface area contributed by atoms with Crippen molar-refractivity contribution < 1.29 is 23.1 Å². The van der Waals surface area contributed by atoms with Gasteiger partial charge in [-0.25, -0.2) is 0 Å². The highest BCUT2D eigenvalue weighted by Crippen LogP contribution is 2.38. The van der Waals surface area contributed by atoms with E-state index in [1.807, 2.05) is 13.8 Å². The van der Waals surface area contributed by atoms with Crippen LogP contribution in [0.5, 0.6) is 0 Å². The van der Waals surface area contributed by atoms with Crippen LogP contribution < -0.4 is 0 Å². The Labute approximate surface area is 118 Å². The van der Waals surface area contributed by atoms with E-state index in [1.54, 1.807) is 0 Å². The van der Waals surface area contributed by atoms with Gasteiger partial charge in [0.25, 0.3) is 0 Å². The molecule has 20 heavy (non-hydrogen) atoms. The first-order chi connectivity index (χ1) is 9.25. The Bertz CT molecular complexity index is 317. The molecule has 1 amide bonds. The van der Waals surface area contributed by atoms with Gasteiger partial charge in [0.05, 0.1) is 0 Å². The average molecular weight is 295 g/mol. The van der Waals surface area contributed by atoms with Crippen LogP contribution in [0.25, 0.3) is 0 Å². The molecule has 1 heterocycles. The molecule has 0 unspecified atom stereocenters. The Morgan fingerprint density at radius 1 is 1.20 bits per heavy atom. The van der Waals surface area contributed by atoms with E-state index in [-0.39, 0.29) is 24.9 Å². The van der Waals surface area contributed by atoms with Crippen molar-refractivity contribution in [3.8, 4) is 0 Å². The number of hydrogen-bond donors (Lipinski definition) is 1. The topological polar surface area (TPSA) is 40.5 Å². The van der Waals surface area contributed by atoms with E-state index in [9.17, 15) is 23.1 Å². The molecule has 1 N–H and O–H groups in total. The van der Waals surface area contributed by atoms with Gasteiger partial charge in [-0.15, -0.1) is 0 Å². The summed E-state index contributed by atoms with van der Waals surface area (Å²) in [6.45, 7) is 3.96. The lowest BCUT2D eigenvalue weighted by Crippen LogP contribution is -2.55. The first kappa shape index (κ1) is 17.3. The van der Waals surface area contributed by atoms with Gasteiger partial charge in [0.15, 0.2) is 5.60 Å². The van der Waals surface area contributed by atoms with E-state index in [2.05, 4.69) is 0 Å². The second-order valence-electron chi connectivity index (χ2n) is 5.63. The minimum absolute atomic E-state index is 0.0151. The summed E-state index contributed by atoms with van der Waals surface area (Å²) in [5, 5.41) is 9.59. The monoisotopic (exact) mass is 295 g/mol. The Morgan fingerprint density at radius 3 is 2.00 bits per heavy atom. The van der Waals surface area contributed by atoms with Crippen molar-refractivity contribution >= 4 is 5.91 Å². The third kappa shape index (κ3) is 3.87. The number of carbonyl (C=O) groups is 1. The minimum atomic E-state index is -4.62. The van der Waals surface area contributed by atoms with Gasteiger partial charge in [-0.1, -0.05) is 26.7 Å². The van der Waals surface area contributed by atoms with Crippen molar-refractivity contribution in [2.45, 2.75) is 64.1 Å². The summed E-state index contributed by atoms with van der Waals surface area (Å²) in [5.41, 5.74) is -2.63. The lowest BCUT2D eigenvalue weighted by Gasteiger charge is -2.40. The highest BCUT2D eigenvalue weighted by atomic mass is 19.4. The van der Waals surface area contributed by atoms with Crippen LogP contribution in [-0.2, 0) is 4.79 Å². The van der Waals surface area contributed by atoms with Gasteiger partial charge in [-0.3, -0.25) is 4.79 Å². The second kappa shape index (κ2) is 6.78. The molecule has 0 aliphatic carbocycles. The summed E-state index contributed by atoms with van der Waals surface area (Å²) in [6.07, 6.45) is -2.15. The molecule has 0 aromatic carbocycles. The molecular formula is C14H24F3NO2. The summed E-state index contributed by atoms with van der Waals surface area (Å²) in [4.78, 5) is 13.8. The molecule has 0 saturated carbocycles. The molecule has 1 fully saturated rings. The molecule has 6 heteroatoms. The van der Waals surface area contributed by atoms with E-state index in [1.165, 1.54) is 4.90 Å². The van der Waals surface area contributed by atoms with Crippen molar-refractivity contribution in [1.82, 2.24) is 4.90 Å². The number of alkyl halides is 3. The number of nitrogens with zero attached hydrogens (tertiary/aromatic N) is 1. The Morgan fingerprint density at radius 2 is 1.65 bits per heavy atom. The summed E-state index contributed by atoms with van der Waals surface area (Å²) < 4.78 is 38.1. The van der Waals surface area contributed by atoms with E-state index in [0.717, 1.165) is 25.7 Å². The SMILES string of the molecule is CCCC(CCC)C(=O)N1CCC(O)(C(F)(F)F)CC1. The molecule has 1 saturated heterocycles. The van der Waals surface area contributed by atoms with Crippen molar-refractivity contribution in [3.63, 3.8) is 0 Å². The Hall–Kier alpha value is -0.780. The molecule has 0 aromatic heterocycles. The Kier molecular flexibility index (Phi) is 5.86. The summed E-state index contributed by atoms with van der Waals surface area (Å²) in [7, 11) is 0. The van der Waals surface area contributed by atoms with Gasteiger partial charge >= 0.3 is 6.18 Å². The maximum atomic E-state index is 12.7. The predicted molar refractivity (Wildman–Crippen MR) is 70.1 cm³/mol. The minimum Gasteiger partial charge on any atom is -0.380 e. The van der Waals surface area contributed by atoms with Crippen LogP contribution in [0.3, 0.4) is 0 Å². The Balaban J connectivity index is 2.62. The quantitative estimate of drug-likeness (QED) is 0.846. The maximum Gasteiger partial charge on any atom is 0.417 e. The molecule has 0 bridgehead atoms. The fourth-order valence-corrected chi connectivity index (χ4v) is 2.73. The molecule has 0 spiro atoms. The third-order valence-corrected chi connectivity index (χ3v) is 4.05. The van der Waals surface area contributed by atoms with Gasteiger partial charge in [-0.2, -0.15) is 13.2 Å². The van der Waals surface area contributed by atoms with E-state index in [4.69, 9.17) is 0 Å². The number of hydrogen-bond acceptors (Lipinski definition) is 2. The van der Waals surface area contributed by atoms with Crippen LogP contribution in [0.4, 0.5) is 13.2 Å². The lowest BCUT2D eigenvalue weighted by molar-refractivity contribution is -0.272. The summed E-state index contributed by atoms with van der Waals surface area (Å²) in [6, 6.07) is 0. The smallest absolute Gasteiger partial charge is 0.380 e. The van der Waals surface area contributed by atoms with Crippen molar-refractivity contribution in [1.29, 1.82) is 0 Å². The van der Waals surface area contributed by atoms with Gasteiger partial charge < -0.3 is 10.0 Å². The fraction of sp³-hybridized carbons (Fsp3) is 0.929. The van der Waals surface area contributed by atoms with Crippen LogP contribution in [0.2, 0.25) is 0 Å². The van der Waals surface area contributed by atoms with Gasteiger partial charge in [0, 0.05) is 31.8 Å². The van der Waals surface area contributed by atoms with Crippen molar-refractivity contribution in [3.05, 3.63) is 0 Å². The van der Waals surface area contributed by atoms with E-state index in [0.29, 0.717) is 0 Å². The molecule has 0 radical (unpaired) electrons. The summed E-state index contributed by atoms with van der Waals surface area (Å²) >= 11 is 0. The van der Waals surface area contributed by atoms with Crippen LogP contribution >= 0.6 is 0 Å². The van der Waals surface area contributed by atoms with Crippen LogP contribution in [0.15, 0.2) is 0 Å². The number of rotatable bonds is 5. The number of amides is 1. The molecule has 0 aromatic rings. The van der Waals surface area contributed by atoms with Gasteiger partial charge in [0.1, 0.15) is 0 Å². The molecule has 118 valence electrons. The van der Waals surface area contributed by atoms with Crippen LogP contribution in [-0.4, -0.2) is 40.8 Å². The zero-order valence-corrected chi connectivity index (χ0v) is 12.2. The maximum absolute atomic E-state index is 12.7. The van der Waals surface area contributed by atoms with Crippen molar-refractivity contribution in [2.75, 3.05) is 13.1 Å². The van der Waals surface area contributed by atoms with Gasteiger partial charge in [0.2, 0.25) is 5.91 Å². The number of likely N-dealkylation sites (tertiary alicyclic amines) is 1. The van der Waals surface area contributed by atoms with Crippen molar-refractivity contribution in [2.24, 2.45) is 5.92 Å². The predicted octanol–water partition coefficient (Wildman–Crippen LogP) is 3.12. The zero-order valence-electron chi connectivity index (χ0n) is 12.2. The molecule has 1 aliphatic heterocycles. The highest BCUT2D eigenvalue weighted by molar-refractivity contribution is 5.78. The number of aliphatic hydroxyl groups is 1. The first-order valence-corrected chi connectivity index (χ1v) is 7.33. The molecule has 1 aliphatic rings. The first-order valence-electron chi connectivity index (χ1n) is 7.33. The average Bonchev–Trinajstić information content (AvgIpc) is 2.37. The largest absolute Gasteiger partial charge is 0.417 e. The highest BCUT2D eigenvalue weighted by Gasteiger charge is 2.55. The number of piperidine rings is 1. The van der Waals surface area contributed by atoms with Gasteiger partial charge in [-0.05, 0) is 12.8 Å². The molecule has 0 atom stereocenters. The van der Waals surface area contributed by atoms with Crippen LogP contribution in [0.1, 0.15) is 52.4 Å².